The van der Waals surface area contributed by atoms with Gasteiger partial charge in [0.15, 0.2) is 11.5 Å². The highest BCUT2D eigenvalue weighted by Crippen LogP contribution is 2.36. The van der Waals surface area contributed by atoms with Gasteiger partial charge in [-0.05, 0) is 50.1 Å². The second-order valence-electron chi connectivity index (χ2n) is 7.40. The summed E-state index contributed by atoms with van der Waals surface area (Å²) in [5.74, 6) is 1.32. The second kappa shape index (κ2) is 8.10. The zero-order valence-electron chi connectivity index (χ0n) is 17.2. The Kier molecular flexibility index (Phi) is 5.35. The van der Waals surface area contributed by atoms with Crippen LogP contribution in [0.5, 0.6) is 17.2 Å². The largest absolute Gasteiger partial charge is 0.491 e. The van der Waals surface area contributed by atoms with E-state index in [0.717, 1.165) is 0 Å². The molecule has 2 aromatic carbocycles. The van der Waals surface area contributed by atoms with Gasteiger partial charge in [0, 0.05) is 18.3 Å². The predicted molar refractivity (Wildman–Crippen MR) is 112 cm³/mol. The fraction of sp³-hybridized carbons (Fsp3) is 0.304. The monoisotopic (exact) mass is 408 g/mol. The third kappa shape index (κ3) is 3.70. The Hall–Kier alpha value is -3.48. The fourth-order valence-electron chi connectivity index (χ4n) is 3.48. The Morgan fingerprint density at radius 1 is 1.03 bits per heavy atom. The molecule has 0 spiro atoms. The zero-order valence-corrected chi connectivity index (χ0v) is 17.2. The molecule has 1 N–H and O–H groups in total. The minimum absolute atomic E-state index is 0.0491. The average molecular weight is 408 g/mol. The summed E-state index contributed by atoms with van der Waals surface area (Å²) >= 11 is 0. The Morgan fingerprint density at radius 3 is 2.47 bits per heavy atom. The maximum atomic E-state index is 13.1. The van der Waals surface area contributed by atoms with E-state index in [2.05, 4.69) is 5.32 Å². The molecule has 0 saturated heterocycles. The van der Waals surface area contributed by atoms with Crippen molar-refractivity contribution in [2.75, 3.05) is 18.7 Å². The first-order valence-electron chi connectivity index (χ1n) is 10.0. The minimum Gasteiger partial charge on any atom is -0.491 e. The number of hydrogen-bond acceptors (Lipinski definition) is 6. The summed E-state index contributed by atoms with van der Waals surface area (Å²) in [4.78, 5) is 27.4. The van der Waals surface area contributed by atoms with Crippen molar-refractivity contribution in [1.29, 1.82) is 0 Å². The van der Waals surface area contributed by atoms with Crippen LogP contribution < -0.4 is 19.5 Å². The van der Waals surface area contributed by atoms with E-state index in [4.69, 9.17) is 14.2 Å². The van der Waals surface area contributed by atoms with E-state index in [9.17, 15) is 9.59 Å². The number of benzene rings is 2. The number of anilines is 1. The maximum absolute atomic E-state index is 13.1. The van der Waals surface area contributed by atoms with Crippen LogP contribution in [0.25, 0.3) is 5.57 Å². The van der Waals surface area contributed by atoms with Gasteiger partial charge in [-0.3, -0.25) is 14.5 Å². The van der Waals surface area contributed by atoms with E-state index in [1.54, 1.807) is 42.5 Å². The molecule has 7 nitrogen and oxygen atoms in total. The number of carbonyl (C=O) groups is 2. The molecule has 2 aromatic rings. The van der Waals surface area contributed by atoms with Gasteiger partial charge < -0.3 is 19.5 Å². The number of nitrogens with one attached hydrogen (secondary N) is 1. The molecule has 4 rings (SSSR count). The second-order valence-corrected chi connectivity index (χ2v) is 7.40. The first kappa shape index (κ1) is 19.8. The summed E-state index contributed by atoms with van der Waals surface area (Å²) < 4.78 is 16.4. The molecule has 7 heteroatoms. The number of imide groups is 1. The number of rotatable bonds is 7. The molecule has 156 valence electrons. The summed E-state index contributed by atoms with van der Waals surface area (Å²) in [6.07, 6.45) is 0.733. The summed E-state index contributed by atoms with van der Waals surface area (Å²) in [6, 6.07) is 12.5. The Labute approximate surface area is 175 Å². The number of ether oxygens (including phenoxy) is 3. The third-order valence-corrected chi connectivity index (χ3v) is 4.77. The number of carbonyl (C=O) groups excluding carboxylic acids is 2. The Bertz CT molecular complexity index is 1010. The molecule has 0 radical (unpaired) electrons. The normalized spacial score (nSPS) is 15.4. The first-order chi connectivity index (χ1) is 14.5. The Balaban J connectivity index is 1.70. The molecular weight excluding hydrogens is 384 g/mol. The lowest BCUT2D eigenvalue weighted by Gasteiger charge is -2.14. The molecule has 0 fully saturated rings. The molecule has 0 aliphatic carbocycles. The lowest BCUT2D eigenvalue weighted by Crippen LogP contribution is -2.33. The number of nitrogens with zero attached hydrogens (tertiary/aromatic N) is 1. The molecule has 0 atom stereocenters. The highest BCUT2D eigenvalue weighted by Gasteiger charge is 2.38. The zero-order chi connectivity index (χ0) is 21.3. The average Bonchev–Trinajstić information content (AvgIpc) is 3.27. The molecule has 0 unspecified atom stereocenters. The van der Waals surface area contributed by atoms with Crippen LogP contribution in [0.1, 0.15) is 32.8 Å². The van der Waals surface area contributed by atoms with Gasteiger partial charge in [0.25, 0.3) is 11.8 Å². The van der Waals surface area contributed by atoms with Gasteiger partial charge in [-0.25, -0.2) is 0 Å². The smallest absolute Gasteiger partial charge is 0.278 e. The van der Waals surface area contributed by atoms with E-state index < -0.39 is 0 Å². The van der Waals surface area contributed by atoms with E-state index in [-0.39, 0.29) is 30.4 Å². The van der Waals surface area contributed by atoms with E-state index >= 15 is 0 Å². The van der Waals surface area contributed by atoms with E-state index in [0.29, 0.717) is 47.0 Å². The first-order valence-corrected chi connectivity index (χ1v) is 10.0. The summed E-state index contributed by atoms with van der Waals surface area (Å²) in [5, 5.41) is 3.14. The fourth-order valence-corrected chi connectivity index (χ4v) is 3.48. The van der Waals surface area contributed by atoms with E-state index in [1.165, 1.54) is 4.90 Å². The Morgan fingerprint density at radius 2 is 1.77 bits per heavy atom. The highest BCUT2D eigenvalue weighted by molar-refractivity contribution is 6.36. The SMILES string of the molecule is CCCN1C(=O)C(Nc2ccc3c(c2)OCO3)=C(c2ccc(OC(C)C)cc2)C1=O. The van der Waals surface area contributed by atoms with Gasteiger partial charge in [0.05, 0.1) is 11.7 Å². The molecule has 30 heavy (non-hydrogen) atoms. The molecule has 2 amide bonds. The van der Waals surface area contributed by atoms with Crippen LogP contribution in [0, 0.1) is 0 Å². The van der Waals surface area contributed by atoms with Crippen LogP contribution in [0.15, 0.2) is 48.2 Å². The van der Waals surface area contributed by atoms with E-state index in [1.807, 2.05) is 20.8 Å². The van der Waals surface area contributed by atoms with Gasteiger partial charge in [-0.1, -0.05) is 19.1 Å². The number of amides is 2. The highest BCUT2D eigenvalue weighted by atomic mass is 16.7. The van der Waals surface area contributed by atoms with Crippen molar-refractivity contribution in [2.24, 2.45) is 0 Å². The number of fused-ring (bicyclic) bond motifs is 1. The molecule has 0 aromatic heterocycles. The van der Waals surface area contributed by atoms with Crippen molar-refractivity contribution in [3.8, 4) is 17.2 Å². The summed E-state index contributed by atoms with van der Waals surface area (Å²) in [6.45, 7) is 6.36. The molecule has 0 bridgehead atoms. The molecule has 2 aliphatic heterocycles. The van der Waals surface area contributed by atoms with Gasteiger partial charge in [0.1, 0.15) is 11.4 Å². The van der Waals surface area contributed by atoms with Gasteiger partial charge >= 0.3 is 0 Å². The lowest BCUT2D eigenvalue weighted by atomic mass is 10.0. The van der Waals surface area contributed by atoms with Crippen molar-refractivity contribution in [3.05, 3.63) is 53.7 Å². The third-order valence-electron chi connectivity index (χ3n) is 4.77. The molecular formula is C23H24N2O5. The van der Waals surface area contributed by atoms with Crippen molar-refractivity contribution < 1.29 is 23.8 Å². The van der Waals surface area contributed by atoms with Crippen LogP contribution in [0.3, 0.4) is 0 Å². The van der Waals surface area contributed by atoms with Crippen LogP contribution >= 0.6 is 0 Å². The van der Waals surface area contributed by atoms with Crippen LogP contribution in [0.4, 0.5) is 5.69 Å². The van der Waals surface area contributed by atoms with Gasteiger partial charge in [0.2, 0.25) is 6.79 Å². The maximum Gasteiger partial charge on any atom is 0.278 e. The van der Waals surface area contributed by atoms with Crippen molar-refractivity contribution in [3.63, 3.8) is 0 Å². The van der Waals surface area contributed by atoms with Crippen LogP contribution in [0.2, 0.25) is 0 Å². The van der Waals surface area contributed by atoms with Gasteiger partial charge in [-0.2, -0.15) is 0 Å². The van der Waals surface area contributed by atoms with Crippen LogP contribution in [-0.2, 0) is 9.59 Å². The van der Waals surface area contributed by atoms with Gasteiger partial charge in [-0.15, -0.1) is 0 Å². The van der Waals surface area contributed by atoms with Crippen LogP contribution in [-0.4, -0.2) is 36.2 Å². The summed E-state index contributed by atoms with van der Waals surface area (Å²) in [5.41, 5.74) is 1.91. The molecule has 2 aliphatic rings. The molecule has 2 heterocycles. The summed E-state index contributed by atoms with van der Waals surface area (Å²) in [7, 11) is 0. The molecule has 0 saturated carbocycles. The number of hydrogen-bond donors (Lipinski definition) is 1. The van der Waals surface area contributed by atoms with Crippen molar-refractivity contribution in [1.82, 2.24) is 4.90 Å². The topological polar surface area (TPSA) is 77.1 Å². The predicted octanol–water partition coefficient (Wildman–Crippen LogP) is 3.80. The lowest BCUT2D eigenvalue weighted by molar-refractivity contribution is -0.136. The quantitative estimate of drug-likeness (QED) is 0.702. The standard InChI is InChI=1S/C23H24N2O5/c1-4-11-25-22(26)20(15-5-8-17(9-6-15)30-14(2)3)21(23(25)27)24-16-7-10-18-19(12-16)29-13-28-18/h5-10,12,14,24H,4,11,13H2,1-3H3. The van der Waals surface area contributed by atoms with Crippen molar-refractivity contribution >= 4 is 23.1 Å². The van der Waals surface area contributed by atoms with Crippen molar-refractivity contribution in [2.45, 2.75) is 33.3 Å². The minimum atomic E-state index is -0.336.